The molecule has 0 aliphatic rings. The highest BCUT2D eigenvalue weighted by atomic mass is 16.5. The molecule has 0 aliphatic carbocycles. The highest BCUT2D eigenvalue weighted by Crippen LogP contribution is 2.25. The first-order valence-electron chi connectivity index (χ1n) is 16.3. The minimum absolute atomic E-state index is 0.102. The van der Waals surface area contributed by atoms with Crippen LogP contribution in [0.1, 0.15) is 59.5 Å². The standard InChI is InChI=1S/C39H42N6O4/c1-39(2,40)22-12-19-34(46)42-32(24-29-20-21-30-17-10-11-18-31(30)23-29)38(48)45(3)33(25-27-13-6-4-7-14-27)37-43-35(44-49-37)36(47)41-26-28-15-8-5-9-16-28/h4-21,23,32-33H,22,24-26,40H2,1-3H3,(H,41,47)(H,42,46). The molecule has 4 aromatic carbocycles. The summed E-state index contributed by atoms with van der Waals surface area (Å²) < 4.78 is 5.63. The smallest absolute Gasteiger partial charge is 0.292 e. The van der Waals surface area contributed by atoms with E-state index in [0.29, 0.717) is 19.4 Å². The van der Waals surface area contributed by atoms with E-state index in [0.717, 1.165) is 27.5 Å². The van der Waals surface area contributed by atoms with Crippen molar-refractivity contribution in [3.05, 3.63) is 144 Å². The van der Waals surface area contributed by atoms with Gasteiger partial charge in [0.25, 0.3) is 11.7 Å². The quantitative estimate of drug-likeness (QED) is 0.137. The molecule has 0 fully saturated rings. The van der Waals surface area contributed by atoms with Gasteiger partial charge in [0.1, 0.15) is 12.1 Å². The van der Waals surface area contributed by atoms with Crippen LogP contribution in [0.3, 0.4) is 0 Å². The Morgan fingerprint density at radius 1 is 0.857 bits per heavy atom. The van der Waals surface area contributed by atoms with Crippen LogP contribution in [-0.4, -0.2) is 51.4 Å². The van der Waals surface area contributed by atoms with Crippen molar-refractivity contribution in [2.75, 3.05) is 7.05 Å². The molecule has 1 heterocycles. The van der Waals surface area contributed by atoms with Gasteiger partial charge in [-0.05, 0) is 53.8 Å². The third-order valence-electron chi connectivity index (χ3n) is 8.09. The summed E-state index contributed by atoms with van der Waals surface area (Å²) in [4.78, 5) is 46.4. The van der Waals surface area contributed by atoms with Gasteiger partial charge in [-0.25, -0.2) is 0 Å². The van der Waals surface area contributed by atoms with Gasteiger partial charge in [-0.2, -0.15) is 4.98 Å². The maximum Gasteiger partial charge on any atom is 0.292 e. The van der Waals surface area contributed by atoms with Gasteiger partial charge in [-0.3, -0.25) is 14.4 Å². The molecule has 10 heteroatoms. The maximum atomic E-state index is 14.4. The van der Waals surface area contributed by atoms with E-state index in [1.807, 2.05) is 117 Å². The number of hydrogen-bond acceptors (Lipinski definition) is 7. The van der Waals surface area contributed by atoms with Gasteiger partial charge in [0.05, 0.1) is 0 Å². The molecule has 1 aromatic heterocycles. The fourth-order valence-corrected chi connectivity index (χ4v) is 5.44. The number of hydrogen-bond donors (Lipinski definition) is 3. The van der Waals surface area contributed by atoms with Crippen molar-refractivity contribution in [1.29, 1.82) is 0 Å². The Morgan fingerprint density at radius 2 is 1.51 bits per heavy atom. The van der Waals surface area contributed by atoms with Crippen molar-refractivity contribution < 1.29 is 18.9 Å². The second kappa shape index (κ2) is 16.0. The summed E-state index contributed by atoms with van der Waals surface area (Å²) in [5.74, 6) is -1.31. The highest BCUT2D eigenvalue weighted by molar-refractivity contribution is 5.93. The molecule has 0 saturated carbocycles. The topological polar surface area (TPSA) is 143 Å². The van der Waals surface area contributed by atoms with Crippen LogP contribution in [0.4, 0.5) is 0 Å². The lowest BCUT2D eigenvalue weighted by Crippen LogP contribution is -2.49. The van der Waals surface area contributed by atoms with Gasteiger partial charge in [-0.15, -0.1) is 0 Å². The number of fused-ring (bicyclic) bond motifs is 1. The zero-order valence-electron chi connectivity index (χ0n) is 28.0. The molecule has 10 nitrogen and oxygen atoms in total. The first-order valence-corrected chi connectivity index (χ1v) is 16.3. The van der Waals surface area contributed by atoms with Crippen molar-refractivity contribution in [3.63, 3.8) is 0 Å². The third-order valence-corrected chi connectivity index (χ3v) is 8.09. The van der Waals surface area contributed by atoms with Crippen molar-refractivity contribution >= 4 is 28.5 Å². The Morgan fingerprint density at radius 3 is 2.20 bits per heavy atom. The number of carbonyl (C=O) groups excluding carboxylic acids is 3. The lowest BCUT2D eigenvalue weighted by molar-refractivity contribution is -0.137. The van der Waals surface area contributed by atoms with Crippen LogP contribution in [0.25, 0.3) is 10.8 Å². The molecular weight excluding hydrogens is 616 g/mol. The fraction of sp³-hybridized carbons (Fsp3) is 0.256. The van der Waals surface area contributed by atoms with E-state index in [-0.39, 0.29) is 24.0 Å². The molecule has 3 amide bonds. The van der Waals surface area contributed by atoms with Gasteiger partial charge in [0.2, 0.25) is 17.7 Å². The number of amides is 3. The van der Waals surface area contributed by atoms with E-state index in [9.17, 15) is 14.4 Å². The van der Waals surface area contributed by atoms with Crippen LogP contribution in [0, 0.1) is 0 Å². The average molecular weight is 659 g/mol. The summed E-state index contributed by atoms with van der Waals surface area (Å²) in [6.45, 7) is 4.04. The van der Waals surface area contributed by atoms with E-state index in [1.165, 1.54) is 11.0 Å². The molecule has 49 heavy (non-hydrogen) atoms. The normalized spacial score (nSPS) is 12.8. The molecular formula is C39H42N6O4. The molecule has 0 bridgehead atoms. The predicted molar refractivity (Wildman–Crippen MR) is 189 cm³/mol. The van der Waals surface area contributed by atoms with Crippen LogP contribution >= 0.6 is 0 Å². The Kier molecular flexibility index (Phi) is 11.3. The van der Waals surface area contributed by atoms with E-state index in [1.54, 1.807) is 13.1 Å². The van der Waals surface area contributed by atoms with E-state index >= 15 is 0 Å². The molecule has 2 unspecified atom stereocenters. The number of benzene rings is 4. The molecule has 0 saturated heterocycles. The summed E-state index contributed by atoms with van der Waals surface area (Å²) in [6, 6.07) is 31.4. The predicted octanol–water partition coefficient (Wildman–Crippen LogP) is 5.31. The number of likely N-dealkylation sites (N-methyl/N-ethyl adjacent to an activating group) is 1. The maximum absolute atomic E-state index is 14.4. The molecule has 0 radical (unpaired) electrons. The van der Waals surface area contributed by atoms with Crippen molar-refractivity contribution in [3.8, 4) is 0 Å². The Labute approximate surface area is 286 Å². The molecule has 0 spiro atoms. The van der Waals surface area contributed by atoms with Crippen molar-refractivity contribution in [2.45, 2.75) is 57.3 Å². The zero-order chi connectivity index (χ0) is 34.8. The first-order chi connectivity index (χ1) is 23.6. The highest BCUT2D eigenvalue weighted by Gasteiger charge is 2.33. The molecule has 0 aliphatic heterocycles. The van der Waals surface area contributed by atoms with Crippen LogP contribution in [0.15, 0.2) is 120 Å². The van der Waals surface area contributed by atoms with Gasteiger partial charge in [0, 0.05) is 32.0 Å². The Balaban J connectivity index is 1.41. The third kappa shape index (κ3) is 9.94. The second-order valence-corrected chi connectivity index (χ2v) is 12.8. The zero-order valence-corrected chi connectivity index (χ0v) is 28.0. The number of nitrogens with zero attached hydrogens (tertiary/aromatic N) is 3. The lowest BCUT2D eigenvalue weighted by Gasteiger charge is -2.30. The summed E-state index contributed by atoms with van der Waals surface area (Å²) in [6.07, 6.45) is 4.18. The number of nitrogens with two attached hydrogens (primary N) is 1. The summed E-state index contributed by atoms with van der Waals surface area (Å²) in [5.41, 5.74) is 8.33. The van der Waals surface area contributed by atoms with Crippen LogP contribution in [-0.2, 0) is 29.0 Å². The van der Waals surface area contributed by atoms with Crippen molar-refractivity contribution in [1.82, 2.24) is 25.7 Å². The Bertz CT molecular complexity index is 1900. The van der Waals surface area contributed by atoms with Gasteiger partial charge in [-0.1, -0.05) is 114 Å². The van der Waals surface area contributed by atoms with E-state index in [4.69, 9.17) is 10.3 Å². The molecule has 2 atom stereocenters. The monoisotopic (exact) mass is 658 g/mol. The van der Waals surface area contributed by atoms with Crippen LogP contribution < -0.4 is 16.4 Å². The molecule has 5 aromatic rings. The summed E-state index contributed by atoms with van der Waals surface area (Å²) >= 11 is 0. The lowest BCUT2D eigenvalue weighted by atomic mass is 9.99. The van der Waals surface area contributed by atoms with Gasteiger partial charge in [0.15, 0.2) is 0 Å². The minimum atomic E-state index is -0.927. The van der Waals surface area contributed by atoms with E-state index < -0.39 is 29.4 Å². The number of aromatic nitrogens is 2. The number of rotatable bonds is 14. The fourth-order valence-electron chi connectivity index (χ4n) is 5.44. The Hall–Kier alpha value is -5.61. The number of nitrogens with one attached hydrogen (secondary N) is 2. The second-order valence-electron chi connectivity index (χ2n) is 12.8. The molecule has 4 N–H and O–H groups in total. The largest absolute Gasteiger partial charge is 0.345 e. The van der Waals surface area contributed by atoms with Crippen LogP contribution in [0.5, 0.6) is 0 Å². The average Bonchev–Trinajstić information content (AvgIpc) is 3.59. The minimum Gasteiger partial charge on any atom is -0.345 e. The number of carbonyl (C=O) groups is 3. The summed E-state index contributed by atoms with van der Waals surface area (Å²) in [5, 5.41) is 11.8. The van der Waals surface area contributed by atoms with Crippen LogP contribution in [0.2, 0.25) is 0 Å². The first kappa shape index (κ1) is 34.7. The summed E-state index contributed by atoms with van der Waals surface area (Å²) in [7, 11) is 1.64. The SMILES string of the molecule is CN(C(=O)C(Cc1ccc2ccccc2c1)NC(=O)C=CCC(C)(C)N)C(Cc1ccccc1)c1nc(C(=O)NCc2ccccc2)no1. The molecule has 252 valence electrons. The molecule has 5 rings (SSSR count). The van der Waals surface area contributed by atoms with E-state index in [2.05, 4.69) is 20.8 Å². The van der Waals surface area contributed by atoms with Crippen molar-refractivity contribution in [2.24, 2.45) is 5.73 Å². The van der Waals surface area contributed by atoms with Gasteiger partial charge < -0.3 is 25.8 Å². The van der Waals surface area contributed by atoms with Gasteiger partial charge >= 0.3 is 0 Å².